The molecule has 5 N–H and O–H groups in total. The van der Waals surface area contributed by atoms with Gasteiger partial charge in [0.1, 0.15) is 32.7 Å². The van der Waals surface area contributed by atoms with Crippen LogP contribution in [0.4, 0.5) is 57.4 Å². The number of rotatable bonds is 21. The minimum atomic E-state index is -4.54. The number of nitrogens with zero attached hydrogens (tertiary/aromatic N) is 9. The van der Waals surface area contributed by atoms with E-state index in [9.17, 15) is 31.0 Å². The third kappa shape index (κ3) is 11.4. The number of hydrogen-bond donors (Lipinski definition) is 5. The van der Waals surface area contributed by atoms with Gasteiger partial charge in [-0.2, -0.15) is 31.8 Å². The van der Waals surface area contributed by atoms with E-state index in [0.717, 1.165) is 11.4 Å². The molecular formula is C47H51N11O9S3. The van der Waals surface area contributed by atoms with E-state index in [1.54, 1.807) is 74.9 Å². The number of anilines is 6. The Morgan fingerprint density at radius 3 is 1.30 bits per heavy atom. The molecule has 7 rings (SSSR count). The largest absolute Gasteiger partial charge is 0.494 e. The quantitative estimate of drug-likeness (QED) is 0.0254. The summed E-state index contributed by atoms with van der Waals surface area (Å²) in [7, 11) is -5.99. The molecule has 0 amide bonds. The Balaban J connectivity index is 1.35. The summed E-state index contributed by atoms with van der Waals surface area (Å²) < 4.78 is 80.5. The Morgan fingerprint density at radius 2 is 0.943 bits per heavy atom. The van der Waals surface area contributed by atoms with Crippen molar-refractivity contribution >= 4 is 111 Å². The zero-order valence-corrected chi connectivity index (χ0v) is 41.5. The van der Waals surface area contributed by atoms with Gasteiger partial charge in [0.05, 0.1) is 55.0 Å². The molecule has 6 aromatic carbocycles. The van der Waals surface area contributed by atoms with Gasteiger partial charge in [-0.25, -0.2) is 0 Å². The van der Waals surface area contributed by atoms with E-state index in [1.807, 2.05) is 39.8 Å². The Labute approximate surface area is 409 Å². The van der Waals surface area contributed by atoms with Crippen LogP contribution in [0, 0.1) is 0 Å². The Kier molecular flexibility index (Phi) is 16.1. The number of fused-ring (bicyclic) bond motifs is 2. The number of aliphatic hydroxyl groups is 1. The predicted molar refractivity (Wildman–Crippen MR) is 273 cm³/mol. The molecule has 7 aromatic rings. The summed E-state index contributed by atoms with van der Waals surface area (Å²) in [6.07, 6.45) is 0. The Hall–Kier alpha value is -7.02. The second kappa shape index (κ2) is 22.2. The second-order valence-corrected chi connectivity index (χ2v) is 19.0. The molecule has 0 aliphatic rings. The number of aliphatic hydroxyl groups excluding tert-OH is 1. The molecule has 0 unspecified atom stereocenters. The van der Waals surface area contributed by atoms with Crippen molar-refractivity contribution in [2.75, 3.05) is 73.2 Å². The van der Waals surface area contributed by atoms with Crippen LogP contribution in [0.25, 0.3) is 21.5 Å². The summed E-state index contributed by atoms with van der Waals surface area (Å²) in [4.78, 5) is 17.9. The van der Waals surface area contributed by atoms with Crippen molar-refractivity contribution in [3.8, 4) is 11.5 Å². The van der Waals surface area contributed by atoms with Gasteiger partial charge in [0.15, 0.2) is 5.16 Å². The lowest BCUT2D eigenvalue weighted by Gasteiger charge is -2.25. The van der Waals surface area contributed by atoms with Crippen molar-refractivity contribution in [2.45, 2.75) is 42.6 Å². The maximum atomic E-state index is 12.2. The average Bonchev–Trinajstić information content (AvgIpc) is 3.34. The predicted octanol–water partition coefficient (Wildman–Crippen LogP) is 10.8. The van der Waals surface area contributed by atoms with Crippen LogP contribution >= 0.6 is 11.8 Å². The van der Waals surface area contributed by atoms with Crippen molar-refractivity contribution in [1.82, 2.24) is 15.0 Å². The Bertz CT molecular complexity index is 3120. The summed E-state index contributed by atoms with van der Waals surface area (Å²) in [5.74, 6) is 1.43. The number of thioether (sulfide) groups is 1. The molecule has 366 valence electrons. The highest BCUT2D eigenvalue weighted by Crippen LogP contribution is 2.44. The highest BCUT2D eigenvalue weighted by Gasteiger charge is 2.22. The van der Waals surface area contributed by atoms with Gasteiger partial charge < -0.3 is 35.0 Å². The number of aromatic nitrogens is 3. The minimum absolute atomic E-state index is 0.0825. The third-order valence-electron chi connectivity index (χ3n) is 11.0. The van der Waals surface area contributed by atoms with E-state index in [2.05, 4.69) is 40.9 Å². The molecular weight excluding hydrogens is 959 g/mol. The molecule has 0 spiro atoms. The molecule has 0 fully saturated rings. The van der Waals surface area contributed by atoms with E-state index in [-0.39, 0.29) is 50.0 Å². The second-order valence-electron chi connectivity index (χ2n) is 15.1. The van der Waals surface area contributed by atoms with Crippen molar-refractivity contribution in [1.29, 1.82) is 0 Å². The van der Waals surface area contributed by atoms with Crippen molar-refractivity contribution in [3.63, 3.8) is 0 Å². The van der Waals surface area contributed by atoms with E-state index in [4.69, 9.17) is 24.4 Å². The van der Waals surface area contributed by atoms with Gasteiger partial charge in [-0.3, -0.25) is 9.11 Å². The summed E-state index contributed by atoms with van der Waals surface area (Å²) in [5.41, 5.74) is 3.55. The molecule has 1 heterocycles. The molecule has 0 saturated carbocycles. The molecule has 0 saturated heterocycles. The number of azo groups is 2. The minimum Gasteiger partial charge on any atom is -0.494 e. The molecule has 0 bridgehead atoms. The number of methoxy groups -OCH3 is 2. The monoisotopic (exact) mass is 1010 g/mol. The van der Waals surface area contributed by atoms with Crippen LogP contribution in [0.5, 0.6) is 11.5 Å². The normalized spacial score (nSPS) is 12.0. The van der Waals surface area contributed by atoms with Crippen LogP contribution in [-0.2, 0) is 20.2 Å². The summed E-state index contributed by atoms with van der Waals surface area (Å²) in [6, 6.07) is 25.8. The van der Waals surface area contributed by atoms with Gasteiger partial charge in [-0.15, -0.1) is 20.5 Å². The highest BCUT2D eigenvalue weighted by atomic mass is 32.2. The number of nitrogens with one attached hydrogen (secondary N) is 2. The first-order valence-corrected chi connectivity index (χ1v) is 25.8. The fourth-order valence-electron chi connectivity index (χ4n) is 7.69. The van der Waals surface area contributed by atoms with Gasteiger partial charge >= 0.3 is 0 Å². The molecule has 0 atom stereocenters. The topological polar surface area (TPSA) is 266 Å². The van der Waals surface area contributed by atoms with E-state index < -0.39 is 20.2 Å². The third-order valence-corrected chi connectivity index (χ3v) is 13.7. The summed E-state index contributed by atoms with van der Waals surface area (Å²) in [5, 5.41) is 36.5. The van der Waals surface area contributed by atoms with Crippen molar-refractivity contribution in [3.05, 3.63) is 97.1 Å². The van der Waals surface area contributed by atoms with Crippen LogP contribution in [0.15, 0.2) is 132 Å². The Morgan fingerprint density at radius 1 is 0.557 bits per heavy atom. The zero-order valence-electron chi connectivity index (χ0n) is 39.0. The fraction of sp³-hybridized carbons (Fsp3) is 0.255. The zero-order chi connectivity index (χ0) is 50.2. The molecule has 0 aliphatic heterocycles. The molecule has 70 heavy (non-hydrogen) atoms. The van der Waals surface area contributed by atoms with Gasteiger partial charge in [-0.05, 0) is 64.1 Å². The SMILES string of the molecule is CCN(CC)c1cc(Nc2nc(Nc3cc(N(CC)CC)c(OC)cc3N=Nc3ccc(S(=O)(=O)O)c4ccccc34)nc(SCCO)n2)c(N=Nc2ccc(S(=O)(=O)O)c3ccccc23)cc1OC. The number of benzene rings is 6. The van der Waals surface area contributed by atoms with Gasteiger partial charge in [0, 0.05) is 65.6 Å². The molecule has 0 radical (unpaired) electrons. The number of ether oxygens (including phenoxy) is 2. The smallest absolute Gasteiger partial charge is 0.295 e. The lowest BCUT2D eigenvalue weighted by molar-refractivity contribution is 0.322. The number of hydrogen-bond acceptors (Lipinski definition) is 19. The first-order valence-electron chi connectivity index (χ1n) is 21.9. The van der Waals surface area contributed by atoms with Gasteiger partial charge in [0.25, 0.3) is 20.2 Å². The van der Waals surface area contributed by atoms with Gasteiger partial charge in [0.2, 0.25) is 11.9 Å². The van der Waals surface area contributed by atoms with Crippen LogP contribution in [0.2, 0.25) is 0 Å². The molecule has 1 aromatic heterocycles. The highest BCUT2D eigenvalue weighted by molar-refractivity contribution is 7.99. The molecule has 23 heteroatoms. The first kappa shape index (κ1) is 50.8. The fourth-order valence-corrected chi connectivity index (χ4v) is 9.66. The maximum Gasteiger partial charge on any atom is 0.295 e. The maximum absolute atomic E-state index is 12.2. The van der Waals surface area contributed by atoms with Crippen LogP contribution < -0.4 is 29.9 Å². The van der Waals surface area contributed by atoms with Gasteiger partial charge in [-0.1, -0.05) is 60.3 Å². The van der Waals surface area contributed by atoms with Crippen LogP contribution in [0.1, 0.15) is 27.7 Å². The van der Waals surface area contributed by atoms with E-state index in [1.165, 1.54) is 36.0 Å². The van der Waals surface area contributed by atoms with Crippen molar-refractivity contribution < 1.29 is 40.5 Å². The first-order chi connectivity index (χ1) is 33.6. The molecule has 0 aliphatic carbocycles. The van der Waals surface area contributed by atoms with E-state index >= 15 is 0 Å². The lowest BCUT2D eigenvalue weighted by Crippen LogP contribution is -2.22. The van der Waals surface area contributed by atoms with Crippen LogP contribution in [0.3, 0.4) is 0 Å². The van der Waals surface area contributed by atoms with Crippen molar-refractivity contribution in [2.24, 2.45) is 20.5 Å². The van der Waals surface area contributed by atoms with Crippen LogP contribution in [-0.4, -0.2) is 98.8 Å². The molecule has 20 nitrogen and oxygen atoms in total. The average molecular weight is 1010 g/mol. The van der Waals surface area contributed by atoms with E-state index in [0.29, 0.717) is 82.6 Å². The summed E-state index contributed by atoms with van der Waals surface area (Å²) >= 11 is 1.19. The lowest BCUT2D eigenvalue weighted by atomic mass is 10.1. The standard InChI is InChI=1S/C47H51N11O9S3/c1-7-57(8-2)39-25-35(37(27-41(39)66-5)55-53-33-19-21-43(69(60,61)62)31-17-13-11-15-29(31)33)48-45-50-46(52-47(51-45)68-24-23-59)49-36-26-40(58(9-3)10-4)42(67-6)28-38(36)56-54-34-20-22-44(70(63,64)65)32-18-14-12-16-30(32)34/h11-22,25-28,59H,7-10,23-24H2,1-6H3,(H,60,61,62)(H,63,64,65)(H2,48,49,50,51,52). The summed E-state index contributed by atoms with van der Waals surface area (Å²) in [6.45, 7) is 10.5.